The lowest BCUT2D eigenvalue weighted by Crippen LogP contribution is -2.58. The van der Waals surface area contributed by atoms with Crippen molar-refractivity contribution in [2.75, 3.05) is 40.8 Å². The summed E-state index contributed by atoms with van der Waals surface area (Å²) in [5, 5.41) is 3.93. The highest BCUT2D eigenvalue weighted by atomic mass is 35.5. The van der Waals surface area contributed by atoms with Gasteiger partial charge < -0.3 is 10.2 Å². The Labute approximate surface area is 125 Å². The lowest BCUT2D eigenvalue weighted by molar-refractivity contribution is 0.0895. The van der Waals surface area contributed by atoms with Crippen LogP contribution in [0.25, 0.3) is 0 Å². The summed E-state index contributed by atoms with van der Waals surface area (Å²) >= 11 is 5.98. The quantitative estimate of drug-likeness (QED) is 0.915. The van der Waals surface area contributed by atoms with E-state index in [9.17, 15) is 4.39 Å². The monoisotopic (exact) mass is 299 g/mol. The van der Waals surface area contributed by atoms with E-state index in [1.165, 1.54) is 6.07 Å². The Morgan fingerprint density at radius 2 is 2.15 bits per heavy atom. The third-order valence-corrected chi connectivity index (χ3v) is 4.42. The molecule has 0 amide bonds. The highest BCUT2D eigenvalue weighted by molar-refractivity contribution is 6.30. The van der Waals surface area contributed by atoms with Crippen LogP contribution in [0.5, 0.6) is 0 Å². The maximum absolute atomic E-state index is 13.9. The summed E-state index contributed by atoms with van der Waals surface area (Å²) < 4.78 is 13.9. The molecule has 0 bridgehead atoms. The second-order valence-electron chi connectivity index (χ2n) is 5.65. The highest BCUT2D eigenvalue weighted by Crippen LogP contribution is 2.19. The molecule has 20 heavy (non-hydrogen) atoms. The van der Waals surface area contributed by atoms with Gasteiger partial charge in [0.05, 0.1) is 0 Å². The number of hydrogen-bond donors (Lipinski definition) is 1. The third kappa shape index (κ3) is 3.70. The summed E-state index contributed by atoms with van der Waals surface area (Å²) in [5.74, 6) is -0.179. The molecule has 1 aromatic rings. The van der Waals surface area contributed by atoms with Gasteiger partial charge in [-0.2, -0.15) is 0 Å². The summed E-state index contributed by atoms with van der Waals surface area (Å²) in [6.45, 7) is 3.11. The van der Waals surface area contributed by atoms with Gasteiger partial charge in [0.1, 0.15) is 5.82 Å². The van der Waals surface area contributed by atoms with Gasteiger partial charge in [-0.25, -0.2) is 4.39 Å². The zero-order valence-electron chi connectivity index (χ0n) is 12.4. The molecule has 1 heterocycles. The van der Waals surface area contributed by atoms with E-state index >= 15 is 0 Å². The van der Waals surface area contributed by atoms with E-state index in [4.69, 9.17) is 11.6 Å². The van der Waals surface area contributed by atoms with Gasteiger partial charge in [0.25, 0.3) is 0 Å². The first-order valence-corrected chi connectivity index (χ1v) is 7.39. The van der Waals surface area contributed by atoms with E-state index in [2.05, 4.69) is 29.2 Å². The zero-order chi connectivity index (χ0) is 14.7. The first-order chi connectivity index (χ1) is 9.51. The van der Waals surface area contributed by atoms with Crippen LogP contribution in [0.4, 0.5) is 4.39 Å². The van der Waals surface area contributed by atoms with Gasteiger partial charge in [-0.05, 0) is 51.3 Å². The van der Waals surface area contributed by atoms with E-state index in [1.54, 1.807) is 12.1 Å². The highest BCUT2D eigenvalue weighted by Gasteiger charge is 2.29. The minimum absolute atomic E-state index is 0.179. The Bertz CT molecular complexity index is 455. The number of likely N-dealkylation sites (N-methyl/N-ethyl adjacent to an activating group) is 3. The Morgan fingerprint density at radius 3 is 2.85 bits per heavy atom. The Balaban J connectivity index is 2.13. The van der Waals surface area contributed by atoms with Gasteiger partial charge >= 0.3 is 0 Å². The van der Waals surface area contributed by atoms with E-state index in [-0.39, 0.29) is 11.9 Å². The summed E-state index contributed by atoms with van der Waals surface area (Å²) in [6.07, 6.45) is 0.645. The summed E-state index contributed by atoms with van der Waals surface area (Å²) in [4.78, 5) is 4.67. The van der Waals surface area contributed by atoms with Crippen molar-refractivity contribution in [3.8, 4) is 0 Å². The van der Waals surface area contributed by atoms with Crippen molar-refractivity contribution in [3.05, 3.63) is 34.6 Å². The molecule has 112 valence electrons. The molecular formula is C15H23ClFN3. The van der Waals surface area contributed by atoms with Crippen molar-refractivity contribution in [2.45, 2.75) is 18.5 Å². The SMILES string of the molecule is CNC(Cc1cc(Cl)ccc1F)C1CN(C)CCN1C. The number of nitrogens with zero attached hydrogens (tertiary/aromatic N) is 2. The summed E-state index contributed by atoms with van der Waals surface area (Å²) in [6, 6.07) is 5.34. The van der Waals surface area contributed by atoms with Crippen molar-refractivity contribution in [3.63, 3.8) is 0 Å². The van der Waals surface area contributed by atoms with Crippen LogP contribution in [0.2, 0.25) is 5.02 Å². The van der Waals surface area contributed by atoms with Gasteiger partial charge in [0, 0.05) is 36.7 Å². The van der Waals surface area contributed by atoms with Crippen LogP contribution in [-0.2, 0) is 6.42 Å². The fourth-order valence-corrected chi connectivity index (χ4v) is 3.04. The predicted molar refractivity (Wildman–Crippen MR) is 81.9 cm³/mol. The fraction of sp³-hybridized carbons (Fsp3) is 0.600. The first-order valence-electron chi connectivity index (χ1n) is 7.01. The van der Waals surface area contributed by atoms with Crippen LogP contribution in [0.3, 0.4) is 0 Å². The molecule has 2 unspecified atom stereocenters. The average molecular weight is 300 g/mol. The Morgan fingerprint density at radius 1 is 1.40 bits per heavy atom. The van der Waals surface area contributed by atoms with E-state index < -0.39 is 0 Å². The van der Waals surface area contributed by atoms with Crippen LogP contribution in [0, 0.1) is 5.82 Å². The molecule has 1 N–H and O–H groups in total. The number of hydrogen-bond acceptors (Lipinski definition) is 3. The topological polar surface area (TPSA) is 18.5 Å². The second-order valence-corrected chi connectivity index (χ2v) is 6.08. The normalized spacial score (nSPS) is 22.9. The molecule has 3 nitrogen and oxygen atoms in total. The number of nitrogens with one attached hydrogen (secondary N) is 1. The van der Waals surface area contributed by atoms with Gasteiger partial charge in [0.15, 0.2) is 0 Å². The minimum atomic E-state index is -0.179. The van der Waals surface area contributed by atoms with Gasteiger partial charge in [0.2, 0.25) is 0 Å². The molecule has 0 saturated carbocycles. The van der Waals surface area contributed by atoms with Crippen LogP contribution in [0.15, 0.2) is 18.2 Å². The third-order valence-electron chi connectivity index (χ3n) is 4.18. The van der Waals surface area contributed by atoms with Crippen LogP contribution in [0.1, 0.15) is 5.56 Å². The van der Waals surface area contributed by atoms with Crippen LogP contribution >= 0.6 is 11.6 Å². The number of halogens is 2. The maximum Gasteiger partial charge on any atom is 0.126 e. The van der Waals surface area contributed by atoms with Crippen LogP contribution < -0.4 is 5.32 Å². The molecule has 2 atom stereocenters. The average Bonchev–Trinajstić information content (AvgIpc) is 2.42. The lowest BCUT2D eigenvalue weighted by Gasteiger charge is -2.42. The van der Waals surface area contributed by atoms with Gasteiger partial charge in [-0.3, -0.25) is 4.90 Å². The molecular weight excluding hydrogens is 277 g/mol. The second kappa shape index (κ2) is 6.85. The molecule has 1 aliphatic rings. The van der Waals surface area contributed by atoms with Crippen molar-refractivity contribution in [1.82, 2.24) is 15.1 Å². The largest absolute Gasteiger partial charge is 0.315 e. The molecule has 0 spiro atoms. The molecule has 1 fully saturated rings. The minimum Gasteiger partial charge on any atom is -0.315 e. The number of benzene rings is 1. The smallest absolute Gasteiger partial charge is 0.126 e. The summed E-state index contributed by atoms with van der Waals surface area (Å²) in [5.41, 5.74) is 0.679. The molecule has 0 aliphatic carbocycles. The number of rotatable bonds is 4. The van der Waals surface area contributed by atoms with E-state index in [0.717, 1.165) is 19.6 Å². The molecule has 5 heteroatoms. The van der Waals surface area contributed by atoms with E-state index in [1.807, 2.05) is 7.05 Å². The molecule has 0 radical (unpaired) electrons. The molecule has 1 aromatic carbocycles. The Kier molecular flexibility index (Phi) is 5.38. The van der Waals surface area contributed by atoms with Crippen molar-refractivity contribution in [2.24, 2.45) is 0 Å². The maximum atomic E-state index is 13.9. The van der Waals surface area contributed by atoms with E-state index in [0.29, 0.717) is 23.0 Å². The van der Waals surface area contributed by atoms with Crippen LogP contribution in [-0.4, -0.2) is 62.7 Å². The molecule has 1 saturated heterocycles. The Hall–Kier alpha value is -0.680. The standard InChI is InChI=1S/C15H23ClFN3/c1-18-14(15-10-19(2)6-7-20(15)3)9-11-8-12(16)4-5-13(11)17/h4-5,8,14-15,18H,6-7,9-10H2,1-3H3. The summed E-state index contributed by atoms with van der Waals surface area (Å²) in [7, 11) is 6.21. The zero-order valence-corrected chi connectivity index (χ0v) is 13.1. The van der Waals surface area contributed by atoms with Crippen molar-refractivity contribution in [1.29, 1.82) is 0 Å². The van der Waals surface area contributed by atoms with Gasteiger partial charge in [-0.15, -0.1) is 0 Å². The lowest BCUT2D eigenvalue weighted by atomic mass is 9.96. The van der Waals surface area contributed by atoms with Crippen molar-refractivity contribution < 1.29 is 4.39 Å². The first kappa shape index (κ1) is 15.7. The predicted octanol–water partition coefficient (Wildman–Crippen LogP) is 1.86. The van der Waals surface area contributed by atoms with Crippen molar-refractivity contribution >= 4 is 11.6 Å². The molecule has 1 aliphatic heterocycles. The molecule has 0 aromatic heterocycles. The number of piperazine rings is 1. The molecule has 2 rings (SSSR count). The fourth-order valence-electron chi connectivity index (χ4n) is 2.85. The van der Waals surface area contributed by atoms with Gasteiger partial charge in [-0.1, -0.05) is 11.6 Å².